The normalized spacial score (nSPS) is 15.7. The molecule has 1 N–H and O–H groups in total. The van der Waals surface area contributed by atoms with E-state index in [1.165, 1.54) is 16.8 Å². The summed E-state index contributed by atoms with van der Waals surface area (Å²) in [5, 5.41) is 8.83. The predicted octanol–water partition coefficient (Wildman–Crippen LogP) is 2.56. The highest BCUT2D eigenvalue weighted by atomic mass is 16.4. The number of carbonyl (C=O) groups is 1. The van der Waals surface area contributed by atoms with Crippen molar-refractivity contribution in [2.75, 3.05) is 37.6 Å². The first-order valence-corrected chi connectivity index (χ1v) is 7.57. The summed E-state index contributed by atoms with van der Waals surface area (Å²) in [6.45, 7) is 3.48. The first-order valence-electron chi connectivity index (χ1n) is 7.57. The maximum absolute atomic E-state index is 10.7. The van der Waals surface area contributed by atoms with Gasteiger partial charge in [0.2, 0.25) is 0 Å². The van der Waals surface area contributed by atoms with Crippen molar-refractivity contribution < 1.29 is 9.90 Å². The fourth-order valence-corrected chi connectivity index (χ4v) is 2.85. The highest BCUT2D eigenvalue weighted by Crippen LogP contribution is 2.23. The second-order valence-corrected chi connectivity index (χ2v) is 5.57. The van der Waals surface area contributed by atoms with Crippen LogP contribution < -0.4 is 4.90 Å². The number of nitrogens with zero attached hydrogens (tertiary/aromatic N) is 2. The van der Waals surface area contributed by atoms with Gasteiger partial charge in [-0.05, 0) is 23.3 Å². The molecule has 3 rings (SSSR count). The molecule has 0 aliphatic carbocycles. The van der Waals surface area contributed by atoms with Crippen LogP contribution in [0.2, 0.25) is 0 Å². The van der Waals surface area contributed by atoms with Crippen LogP contribution >= 0.6 is 0 Å². The van der Waals surface area contributed by atoms with Gasteiger partial charge in [-0.3, -0.25) is 9.69 Å². The number of hydrogen-bond acceptors (Lipinski definition) is 3. The van der Waals surface area contributed by atoms with E-state index in [4.69, 9.17) is 5.11 Å². The number of piperazine rings is 1. The molecule has 1 heterocycles. The van der Waals surface area contributed by atoms with Gasteiger partial charge in [0.05, 0.1) is 6.54 Å². The van der Waals surface area contributed by atoms with Crippen molar-refractivity contribution in [3.63, 3.8) is 0 Å². The third kappa shape index (κ3) is 3.46. The largest absolute Gasteiger partial charge is 0.480 e. The minimum atomic E-state index is -0.749. The van der Waals surface area contributed by atoms with Gasteiger partial charge in [0.1, 0.15) is 0 Å². The highest BCUT2D eigenvalue weighted by Gasteiger charge is 2.18. The van der Waals surface area contributed by atoms with Crippen molar-refractivity contribution in [3.8, 4) is 11.1 Å². The van der Waals surface area contributed by atoms with Gasteiger partial charge >= 0.3 is 5.97 Å². The minimum Gasteiger partial charge on any atom is -0.480 e. The Morgan fingerprint density at radius 2 is 1.45 bits per heavy atom. The van der Waals surface area contributed by atoms with Gasteiger partial charge in [-0.2, -0.15) is 0 Å². The smallest absolute Gasteiger partial charge is 0.317 e. The molecule has 114 valence electrons. The monoisotopic (exact) mass is 296 g/mol. The molecule has 0 amide bonds. The standard InChI is InChI=1S/C18H20N2O2/c21-18(22)14-19-10-12-20(13-11-19)17-8-6-16(7-9-17)15-4-2-1-3-5-15/h1-9H,10-14H2,(H,21,22). The van der Waals surface area contributed by atoms with Gasteiger partial charge in [0, 0.05) is 31.9 Å². The zero-order valence-electron chi connectivity index (χ0n) is 12.5. The number of carboxylic acid groups (broad SMARTS) is 1. The van der Waals surface area contributed by atoms with Gasteiger partial charge in [-0.15, -0.1) is 0 Å². The third-order valence-electron chi connectivity index (χ3n) is 4.07. The Morgan fingerprint density at radius 3 is 2.05 bits per heavy atom. The fourth-order valence-electron chi connectivity index (χ4n) is 2.85. The van der Waals surface area contributed by atoms with Crippen molar-refractivity contribution in [3.05, 3.63) is 54.6 Å². The van der Waals surface area contributed by atoms with E-state index in [-0.39, 0.29) is 6.54 Å². The van der Waals surface area contributed by atoms with Crippen LogP contribution in [0.1, 0.15) is 0 Å². The van der Waals surface area contributed by atoms with Crippen molar-refractivity contribution >= 4 is 11.7 Å². The van der Waals surface area contributed by atoms with Crippen LogP contribution in [0.3, 0.4) is 0 Å². The molecule has 22 heavy (non-hydrogen) atoms. The molecule has 4 nitrogen and oxygen atoms in total. The second kappa shape index (κ2) is 6.62. The minimum absolute atomic E-state index is 0.140. The van der Waals surface area contributed by atoms with Crippen molar-refractivity contribution in [2.24, 2.45) is 0 Å². The SMILES string of the molecule is O=C(O)CN1CCN(c2ccc(-c3ccccc3)cc2)CC1. The number of carboxylic acids is 1. The van der Waals surface area contributed by atoms with Crippen LogP contribution in [0, 0.1) is 0 Å². The van der Waals surface area contributed by atoms with E-state index < -0.39 is 5.97 Å². The summed E-state index contributed by atoms with van der Waals surface area (Å²) >= 11 is 0. The second-order valence-electron chi connectivity index (χ2n) is 5.57. The van der Waals surface area contributed by atoms with Crippen LogP contribution in [0.25, 0.3) is 11.1 Å². The molecule has 0 saturated carbocycles. The molecule has 0 unspecified atom stereocenters. The van der Waals surface area contributed by atoms with Gasteiger partial charge in [0.15, 0.2) is 0 Å². The molecule has 0 bridgehead atoms. The Balaban J connectivity index is 1.63. The number of rotatable bonds is 4. The van der Waals surface area contributed by atoms with Crippen LogP contribution in [0.15, 0.2) is 54.6 Å². The molecule has 0 aromatic heterocycles. The molecule has 0 spiro atoms. The average Bonchev–Trinajstić information content (AvgIpc) is 2.56. The molecule has 1 saturated heterocycles. The average molecular weight is 296 g/mol. The zero-order chi connectivity index (χ0) is 15.4. The maximum atomic E-state index is 10.7. The van der Waals surface area contributed by atoms with E-state index in [9.17, 15) is 4.79 Å². The summed E-state index contributed by atoms with van der Waals surface area (Å²) < 4.78 is 0. The molecular weight excluding hydrogens is 276 g/mol. The van der Waals surface area contributed by atoms with E-state index >= 15 is 0 Å². The summed E-state index contributed by atoms with van der Waals surface area (Å²) in [7, 11) is 0. The molecule has 0 atom stereocenters. The number of aliphatic carboxylic acids is 1. The van der Waals surface area contributed by atoms with Crippen molar-refractivity contribution in [1.82, 2.24) is 4.90 Å². The lowest BCUT2D eigenvalue weighted by molar-refractivity contribution is -0.138. The Morgan fingerprint density at radius 1 is 0.864 bits per heavy atom. The maximum Gasteiger partial charge on any atom is 0.317 e. The summed E-state index contributed by atoms with van der Waals surface area (Å²) in [6.07, 6.45) is 0. The molecule has 2 aromatic carbocycles. The van der Waals surface area contributed by atoms with E-state index in [2.05, 4.69) is 41.3 Å². The summed E-state index contributed by atoms with van der Waals surface area (Å²) in [5.74, 6) is -0.749. The molecule has 1 aliphatic heterocycles. The molecule has 1 aliphatic rings. The first kappa shape index (κ1) is 14.6. The number of anilines is 1. The Labute approximate surface area is 130 Å². The molecule has 2 aromatic rings. The van der Waals surface area contributed by atoms with Gasteiger partial charge in [0.25, 0.3) is 0 Å². The fraction of sp³-hybridized carbons (Fsp3) is 0.278. The number of hydrogen-bond donors (Lipinski definition) is 1. The van der Waals surface area contributed by atoms with E-state index in [1.807, 2.05) is 23.1 Å². The Bertz CT molecular complexity index is 617. The summed E-state index contributed by atoms with van der Waals surface area (Å²) in [4.78, 5) is 15.0. The van der Waals surface area contributed by atoms with Gasteiger partial charge in [-0.25, -0.2) is 0 Å². The summed E-state index contributed by atoms with van der Waals surface area (Å²) in [5.41, 5.74) is 3.64. The van der Waals surface area contributed by atoms with E-state index in [0.29, 0.717) is 0 Å². The third-order valence-corrected chi connectivity index (χ3v) is 4.07. The lowest BCUT2D eigenvalue weighted by Crippen LogP contribution is -2.47. The first-order chi connectivity index (χ1) is 10.7. The topological polar surface area (TPSA) is 43.8 Å². The lowest BCUT2D eigenvalue weighted by atomic mass is 10.1. The molecule has 1 fully saturated rings. The number of benzene rings is 2. The summed E-state index contributed by atoms with van der Waals surface area (Å²) in [6, 6.07) is 18.9. The van der Waals surface area contributed by atoms with Crippen molar-refractivity contribution in [2.45, 2.75) is 0 Å². The van der Waals surface area contributed by atoms with Gasteiger partial charge in [-0.1, -0.05) is 42.5 Å². The Hall–Kier alpha value is -2.33. The van der Waals surface area contributed by atoms with Gasteiger partial charge < -0.3 is 10.0 Å². The van der Waals surface area contributed by atoms with E-state index in [1.54, 1.807) is 0 Å². The predicted molar refractivity (Wildman–Crippen MR) is 88.2 cm³/mol. The molecule has 4 heteroatoms. The molecule has 0 radical (unpaired) electrons. The van der Waals surface area contributed by atoms with Crippen LogP contribution in [0.5, 0.6) is 0 Å². The lowest BCUT2D eigenvalue weighted by Gasteiger charge is -2.35. The van der Waals surface area contributed by atoms with Crippen LogP contribution in [0.4, 0.5) is 5.69 Å². The molecular formula is C18H20N2O2. The van der Waals surface area contributed by atoms with E-state index in [0.717, 1.165) is 26.2 Å². The van der Waals surface area contributed by atoms with Crippen molar-refractivity contribution in [1.29, 1.82) is 0 Å². The Kier molecular flexibility index (Phi) is 4.39. The van der Waals surface area contributed by atoms with Crippen LogP contribution in [-0.4, -0.2) is 48.7 Å². The quantitative estimate of drug-likeness (QED) is 0.942. The van der Waals surface area contributed by atoms with Crippen LogP contribution in [-0.2, 0) is 4.79 Å². The highest BCUT2D eigenvalue weighted by molar-refractivity contribution is 5.69. The zero-order valence-corrected chi connectivity index (χ0v) is 12.5.